The number of halogens is 2. The van der Waals surface area contributed by atoms with Crippen LogP contribution in [0.5, 0.6) is 5.88 Å². The van der Waals surface area contributed by atoms with Gasteiger partial charge in [-0.25, -0.2) is 4.98 Å². The van der Waals surface area contributed by atoms with Gasteiger partial charge in [-0.3, -0.25) is 4.79 Å². The number of hydrogen-bond donors (Lipinski definition) is 2. The molecule has 5 nitrogen and oxygen atoms in total. The smallest absolute Gasteiger partial charge is 0.253 e. The summed E-state index contributed by atoms with van der Waals surface area (Å²) >= 11 is 11.9. The van der Waals surface area contributed by atoms with E-state index in [1.165, 1.54) is 19.2 Å². The molecule has 0 unspecified atom stereocenters. The van der Waals surface area contributed by atoms with E-state index in [1.807, 2.05) is 0 Å². The minimum absolute atomic E-state index is 0.177. The van der Waals surface area contributed by atoms with Gasteiger partial charge >= 0.3 is 0 Å². The number of methoxy groups -OCH3 is 1. The first-order valence-corrected chi connectivity index (χ1v) is 6.78. The lowest BCUT2D eigenvalue weighted by atomic mass is 10.2. The van der Waals surface area contributed by atoms with Crippen molar-refractivity contribution in [1.82, 2.24) is 10.3 Å². The van der Waals surface area contributed by atoms with Gasteiger partial charge in [0.2, 0.25) is 5.88 Å². The maximum Gasteiger partial charge on any atom is 0.253 e. The predicted octanol–water partition coefficient (Wildman–Crippen LogP) is 2.91. The predicted molar refractivity (Wildman–Crippen MR) is 82.8 cm³/mol. The third-order valence-corrected chi connectivity index (χ3v) is 3.56. The maximum atomic E-state index is 12.1. The van der Waals surface area contributed by atoms with Gasteiger partial charge in [0.1, 0.15) is 0 Å². The average molecular weight is 326 g/mol. The fourth-order valence-electron chi connectivity index (χ4n) is 1.69. The highest BCUT2D eigenvalue weighted by atomic mass is 35.5. The molecule has 0 fully saturated rings. The van der Waals surface area contributed by atoms with Crippen LogP contribution in [0.4, 0.5) is 5.69 Å². The van der Waals surface area contributed by atoms with Crippen molar-refractivity contribution in [2.45, 2.75) is 6.54 Å². The van der Waals surface area contributed by atoms with Gasteiger partial charge in [-0.05, 0) is 17.7 Å². The molecule has 0 saturated heterocycles. The molecule has 0 saturated carbocycles. The Morgan fingerprint density at radius 2 is 2.14 bits per heavy atom. The van der Waals surface area contributed by atoms with Crippen molar-refractivity contribution in [1.29, 1.82) is 0 Å². The fraction of sp³-hybridized carbons (Fsp3) is 0.143. The number of aromatic nitrogens is 1. The van der Waals surface area contributed by atoms with Crippen molar-refractivity contribution < 1.29 is 9.53 Å². The second-order valence-electron chi connectivity index (χ2n) is 4.26. The zero-order chi connectivity index (χ0) is 15.4. The second kappa shape index (κ2) is 6.65. The molecule has 2 aromatic rings. The third-order valence-electron chi connectivity index (χ3n) is 2.75. The molecular formula is C14H13Cl2N3O2. The van der Waals surface area contributed by atoms with Crippen molar-refractivity contribution in [2.24, 2.45) is 0 Å². The fourth-order valence-corrected chi connectivity index (χ4v) is 2.11. The lowest BCUT2D eigenvalue weighted by Gasteiger charge is -2.09. The van der Waals surface area contributed by atoms with Gasteiger partial charge in [-0.15, -0.1) is 0 Å². The first-order chi connectivity index (χ1) is 10.0. The van der Waals surface area contributed by atoms with Gasteiger partial charge < -0.3 is 15.8 Å². The van der Waals surface area contributed by atoms with Crippen LogP contribution in [0.1, 0.15) is 15.9 Å². The Hall–Kier alpha value is -1.98. The molecule has 21 heavy (non-hydrogen) atoms. The monoisotopic (exact) mass is 325 g/mol. The zero-order valence-corrected chi connectivity index (χ0v) is 12.7. The van der Waals surface area contributed by atoms with Crippen LogP contribution in [0.25, 0.3) is 0 Å². The zero-order valence-electron chi connectivity index (χ0n) is 11.2. The molecule has 1 aromatic heterocycles. The molecule has 0 bridgehead atoms. The first kappa shape index (κ1) is 15.4. The van der Waals surface area contributed by atoms with Crippen LogP contribution in [-0.4, -0.2) is 18.0 Å². The molecule has 0 spiro atoms. The van der Waals surface area contributed by atoms with Crippen molar-refractivity contribution in [3.8, 4) is 5.88 Å². The Kier molecular flexibility index (Phi) is 4.88. The van der Waals surface area contributed by atoms with Crippen LogP contribution in [0.3, 0.4) is 0 Å². The van der Waals surface area contributed by atoms with Gasteiger partial charge in [0, 0.05) is 24.5 Å². The molecule has 0 aliphatic rings. The van der Waals surface area contributed by atoms with E-state index in [4.69, 9.17) is 33.7 Å². The average Bonchev–Trinajstić information content (AvgIpc) is 2.49. The number of hydrogen-bond acceptors (Lipinski definition) is 4. The van der Waals surface area contributed by atoms with Crippen LogP contribution < -0.4 is 15.8 Å². The van der Waals surface area contributed by atoms with E-state index in [2.05, 4.69) is 10.3 Å². The van der Waals surface area contributed by atoms with E-state index >= 15 is 0 Å². The van der Waals surface area contributed by atoms with Crippen molar-refractivity contribution in [3.63, 3.8) is 0 Å². The summed E-state index contributed by atoms with van der Waals surface area (Å²) in [6.45, 7) is 0.304. The topological polar surface area (TPSA) is 77.2 Å². The summed E-state index contributed by atoms with van der Waals surface area (Å²) in [7, 11) is 1.54. The molecule has 0 atom stereocenters. The highest BCUT2D eigenvalue weighted by Crippen LogP contribution is 2.28. The van der Waals surface area contributed by atoms with Gasteiger partial charge in [-0.2, -0.15) is 0 Å². The number of nitrogens with two attached hydrogens (primary N) is 1. The van der Waals surface area contributed by atoms with Crippen molar-refractivity contribution in [3.05, 3.63) is 51.6 Å². The molecule has 1 aromatic carbocycles. The Balaban J connectivity index is 2.08. The molecular weight excluding hydrogens is 313 g/mol. The molecule has 3 N–H and O–H groups in total. The molecule has 110 valence electrons. The number of benzene rings is 1. The third kappa shape index (κ3) is 3.77. The highest BCUT2D eigenvalue weighted by Gasteiger charge is 2.14. The number of rotatable bonds is 4. The molecule has 0 aliphatic heterocycles. The SMILES string of the molecule is COc1ccc(CNC(=O)c2cc(N)cc(Cl)c2Cl)cn1. The molecule has 2 rings (SSSR count). The number of anilines is 1. The van der Waals surface area contributed by atoms with Gasteiger partial charge in [0.25, 0.3) is 5.91 Å². The summed E-state index contributed by atoms with van der Waals surface area (Å²) in [5, 5.41) is 3.15. The molecule has 7 heteroatoms. The van der Waals surface area contributed by atoms with Crippen LogP contribution in [0.2, 0.25) is 10.0 Å². The van der Waals surface area contributed by atoms with E-state index in [0.29, 0.717) is 18.1 Å². The summed E-state index contributed by atoms with van der Waals surface area (Å²) in [6, 6.07) is 6.50. The Bertz CT molecular complexity index is 660. The van der Waals surface area contributed by atoms with Crippen LogP contribution in [-0.2, 0) is 6.54 Å². The molecule has 0 aliphatic carbocycles. The Labute approximate surface area is 132 Å². The number of nitrogens with zero attached hydrogens (tertiary/aromatic N) is 1. The summed E-state index contributed by atoms with van der Waals surface area (Å²) < 4.78 is 4.96. The standard InChI is InChI=1S/C14H13Cl2N3O2/c1-21-12-3-2-8(6-18-12)7-19-14(20)10-4-9(17)5-11(15)13(10)16/h2-6H,7,17H2,1H3,(H,19,20). The number of nitrogen functional groups attached to an aromatic ring is 1. The van der Waals surface area contributed by atoms with Gasteiger partial charge in [0.15, 0.2) is 0 Å². The minimum Gasteiger partial charge on any atom is -0.481 e. The number of nitrogens with one attached hydrogen (secondary N) is 1. The largest absolute Gasteiger partial charge is 0.481 e. The minimum atomic E-state index is -0.356. The van der Waals surface area contributed by atoms with E-state index in [-0.39, 0.29) is 21.5 Å². The number of carbonyl (C=O) groups excluding carboxylic acids is 1. The van der Waals surface area contributed by atoms with Crippen LogP contribution >= 0.6 is 23.2 Å². The Morgan fingerprint density at radius 3 is 2.76 bits per heavy atom. The first-order valence-electron chi connectivity index (χ1n) is 6.03. The van der Waals surface area contributed by atoms with Crippen molar-refractivity contribution in [2.75, 3.05) is 12.8 Å². The highest BCUT2D eigenvalue weighted by molar-refractivity contribution is 6.44. The quantitative estimate of drug-likeness (QED) is 0.847. The van der Waals surface area contributed by atoms with Crippen molar-refractivity contribution >= 4 is 34.8 Å². The lowest BCUT2D eigenvalue weighted by Crippen LogP contribution is -2.23. The number of carbonyl (C=O) groups is 1. The Morgan fingerprint density at radius 1 is 1.38 bits per heavy atom. The number of pyridine rings is 1. The maximum absolute atomic E-state index is 12.1. The van der Waals surface area contributed by atoms with Crippen LogP contribution in [0.15, 0.2) is 30.5 Å². The van der Waals surface area contributed by atoms with E-state index < -0.39 is 0 Å². The molecule has 1 amide bonds. The van der Waals surface area contributed by atoms with Crippen LogP contribution in [0, 0.1) is 0 Å². The van der Waals surface area contributed by atoms with Gasteiger partial charge in [-0.1, -0.05) is 29.3 Å². The summed E-state index contributed by atoms with van der Waals surface area (Å²) in [4.78, 5) is 16.2. The van der Waals surface area contributed by atoms with E-state index in [1.54, 1.807) is 18.3 Å². The lowest BCUT2D eigenvalue weighted by molar-refractivity contribution is 0.0951. The second-order valence-corrected chi connectivity index (χ2v) is 5.04. The summed E-state index contributed by atoms with van der Waals surface area (Å²) in [6.07, 6.45) is 1.62. The molecule has 1 heterocycles. The normalized spacial score (nSPS) is 10.2. The van der Waals surface area contributed by atoms with E-state index in [0.717, 1.165) is 5.56 Å². The van der Waals surface area contributed by atoms with Gasteiger partial charge in [0.05, 0.1) is 22.7 Å². The summed E-state index contributed by atoms with van der Waals surface area (Å²) in [5.74, 6) is 0.153. The number of amides is 1. The summed E-state index contributed by atoms with van der Waals surface area (Å²) in [5.41, 5.74) is 7.10. The number of ether oxygens (including phenoxy) is 1. The van der Waals surface area contributed by atoms with E-state index in [9.17, 15) is 4.79 Å². The molecule has 0 radical (unpaired) electrons.